The van der Waals surface area contributed by atoms with E-state index in [1.165, 1.54) is 4.90 Å². The van der Waals surface area contributed by atoms with Crippen LogP contribution in [0.5, 0.6) is 0 Å². The summed E-state index contributed by atoms with van der Waals surface area (Å²) in [5.74, 6) is 1.32. The molecule has 0 saturated carbocycles. The fourth-order valence-electron chi connectivity index (χ4n) is 2.67. The summed E-state index contributed by atoms with van der Waals surface area (Å²) in [5.41, 5.74) is 8.05. The molecular formula is C23H39N5O2. The molecule has 0 unspecified atom stereocenters. The van der Waals surface area contributed by atoms with Gasteiger partial charge in [0.1, 0.15) is 0 Å². The number of guanidine groups is 1. The molecule has 1 aromatic rings. The molecule has 0 heterocycles. The van der Waals surface area contributed by atoms with Crippen LogP contribution >= 0.6 is 0 Å². The first kappa shape index (κ1) is 25.5. The summed E-state index contributed by atoms with van der Waals surface area (Å²) >= 11 is 0. The topological polar surface area (TPSA) is 99.8 Å². The number of nitrogens with two attached hydrogens (primary N) is 1. The van der Waals surface area contributed by atoms with E-state index < -0.39 is 0 Å². The van der Waals surface area contributed by atoms with Gasteiger partial charge in [-0.3, -0.25) is 14.7 Å². The van der Waals surface area contributed by atoms with Crippen molar-refractivity contribution in [3.63, 3.8) is 0 Å². The van der Waals surface area contributed by atoms with Crippen molar-refractivity contribution in [2.75, 3.05) is 13.1 Å². The van der Waals surface area contributed by atoms with Gasteiger partial charge in [0.2, 0.25) is 5.91 Å². The number of benzene rings is 1. The predicted molar refractivity (Wildman–Crippen MR) is 123 cm³/mol. The maximum absolute atomic E-state index is 12.3. The van der Waals surface area contributed by atoms with Crippen LogP contribution in [0.4, 0.5) is 4.79 Å². The molecule has 0 aromatic heterocycles. The first-order valence-corrected chi connectivity index (χ1v) is 10.9. The minimum atomic E-state index is -0.162. The summed E-state index contributed by atoms with van der Waals surface area (Å²) in [5, 5.41) is 5.71. The Morgan fingerprint density at radius 3 is 2.17 bits per heavy atom. The van der Waals surface area contributed by atoms with Gasteiger partial charge in [-0.25, -0.2) is 4.79 Å². The molecule has 0 aliphatic heterocycles. The second-order valence-electron chi connectivity index (χ2n) is 8.36. The standard InChI is InChI=1S/C23H39N5O2/c1-6-21(29)28(22(24)25-13-11-17(2)3)16-20-9-7-19(8-10-20)15-27-23(30)26-14-12-18(4)5/h7-10,17-18H,6,11-16H2,1-5H3,(H2,24,25)(H2,26,27,30). The van der Waals surface area contributed by atoms with Crippen molar-refractivity contribution < 1.29 is 9.59 Å². The van der Waals surface area contributed by atoms with E-state index in [1.54, 1.807) is 0 Å². The SMILES string of the molecule is CCC(=O)N(Cc1ccc(CNC(=O)NCCC(C)C)cc1)C(N)=NCCC(C)C. The highest BCUT2D eigenvalue weighted by Gasteiger charge is 2.16. The molecule has 0 aliphatic carbocycles. The molecule has 0 saturated heterocycles. The third-order valence-corrected chi connectivity index (χ3v) is 4.68. The number of nitrogens with zero attached hydrogens (tertiary/aromatic N) is 2. The Hall–Kier alpha value is -2.57. The van der Waals surface area contributed by atoms with Gasteiger partial charge in [-0.05, 0) is 35.8 Å². The number of carbonyl (C=O) groups is 2. The largest absolute Gasteiger partial charge is 0.369 e. The van der Waals surface area contributed by atoms with Gasteiger partial charge in [-0.1, -0.05) is 58.9 Å². The van der Waals surface area contributed by atoms with Crippen LogP contribution in [-0.2, 0) is 17.9 Å². The van der Waals surface area contributed by atoms with Crippen LogP contribution in [0.2, 0.25) is 0 Å². The summed E-state index contributed by atoms with van der Waals surface area (Å²) in [6, 6.07) is 7.63. The van der Waals surface area contributed by atoms with E-state index >= 15 is 0 Å². The lowest BCUT2D eigenvalue weighted by Gasteiger charge is -2.21. The molecule has 4 N–H and O–H groups in total. The summed E-state index contributed by atoms with van der Waals surface area (Å²) in [6.07, 6.45) is 2.26. The molecule has 30 heavy (non-hydrogen) atoms. The van der Waals surface area contributed by atoms with Crippen LogP contribution < -0.4 is 16.4 Å². The molecule has 0 fully saturated rings. The third kappa shape index (κ3) is 10.3. The van der Waals surface area contributed by atoms with Crippen molar-refractivity contribution in [3.8, 4) is 0 Å². The lowest BCUT2D eigenvalue weighted by molar-refractivity contribution is -0.127. The Morgan fingerprint density at radius 1 is 1.00 bits per heavy atom. The predicted octanol–water partition coefficient (Wildman–Crippen LogP) is 3.63. The van der Waals surface area contributed by atoms with Gasteiger partial charge < -0.3 is 16.4 Å². The highest BCUT2D eigenvalue weighted by Crippen LogP contribution is 2.10. The average molecular weight is 418 g/mol. The molecule has 0 atom stereocenters. The Bertz CT molecular complexity index is 683. The minimum absolute atomic E-state index is 0.0513. The van der Waals surface area contributed by atoms with Crippen molar-refractivity contribution in [3.05, 3.63) is 35.4 Å². The van der Waals surface area contributed by atoms with E-state index in [9.17, 15) is 9.59 Å². The number of hydrogen-bond acceptors (Lipinski definition) is 3. The Kier molecular flexibility index (Phi) is 11.6. The average Bonchev–Trinajstić information content (AvgIpc) is 2.70. The molecular weight excluding hydrogens is 378 g/mol. The Balaban J connectivity index is 2.62. The molecule has 0 aliphatic rings. The van der Waals surface area contributed by atoms with Gasteiger partial charge >= 0.3 is 6.03 Å². The molecule has 1 rings (SSSR count). The van der Waals surface area contributed by atoms with Gasteiger partial charge in [0, 0.05) is 26.1 Å². The maximum atomic E-state index is 12.3. The first-order chi connectivity index (χ1) is 14.2. The van der Waals surface area contributed by atoms with Gasteiger partial charge in [-0.2, -0.15) is 0 Å². The van der Waals surface area contributed by atoms with E-state index in [1.807, 2.05) is 31.2 Å². The zero-order chi connectivity index (χ0) is 22.5. The van der Waals surface area contributed by atoms with E-state index in [0.29, 0.717) is 44.4 Å². The third-order valence-electron chi connectivity index (χ3n) is 4.68. The van der Waals surface area contributed by atoms with Crippen LogP contribution in [0.25, 0.3) is 0 Å². The van der Waals surface area contributed by atoms with Gasteiger partial charge in [0.25, 0.3) is 0 Å². The quantitative estimate of drug-likeness (QED) is 0.379. The van der Waals surface area contributed by atoms with Crippen molar-refractivity contribution >= 4 is 17.9 Å². The van der Waals surface area contributed by atoms with E-state index in [2.05, 4.69) is 43.3 Å². The van der Waals surface area contributed by atoms with Gasteiger partial charge in [0.15, 0.2) is 5.96 Å². The minimum Gasteiger partial charge on any atom is -0.369 e. The number of aliphatic imine (C=N–C) groups is 1. The number of urea groups is 1. The number of carbonyl (C=O) groups excluding carboxylic acids is 2. The van der Waals surface area contributed by atoms with Crippen molar-refractivity contribution in [1.82, 2.24) is 15.5 Å². The first-order valence-electron chi connectivity index (χ1n) is 10.9. The molecule has 1 aromatic carbocycles. The molecule has 168 valence electrons. The Morgan fingerprint density at radius 2 is 1.60 bits per heavy atom. The second-order valence-corrected chi connectivity index (χ2v) is 8.36. The number of amides is 3. The Labute approximate surface area is 181 Å². The van der Waals surface area contributed by atoms with Crippen LogP contribution in [0, 0.1) is 11.8 Å². The zero-order valence-electron chi connectivity index (χ0n) is 19.2. The van der Waals surface area contributed by atoms with Crippen molar-refractivity contribution in [2.45, 2.75) is 67.0 Å². The summed E-state index contributed by atoms with van der Waals surface area (Å²) in [6.45, 7) is 12.4. The fourth-order valence-corrected chi connectivity index (χ4v) is 2.67. The lowest BCUT2D eigenvalue weighted by Crippen LogP contribution is -2.41. The molecule has 7 nitrogen and oxygen atoms in total. The summed E-state index contributed by atoms with van der Waals surface area (Å²) in [7, 11) is 0. The van der Waals surface area contributed by atoms with Crippen LogP contribution in [0.15, 0.2) is 29.3 Å². The number of hydrogen-bond donors (Lipinski definition) is 3. The highest BCUT2D eigenvalue weighted by atomic mass is 16.2. The molecule has 0 radical (unpaired) electrons. The van der Waals surface area contributed by atoms with Crippen molar-refractivity contribution in [2.24, 2.45) is 22.6 Å². The molecule has 3 amide bonds. The van der Waals surface area contributed by atoms with Gasteiger partial charge in [-0.15, -0.1) is 0 Å². The molecule has 7 heteroatoms. The van der Waals surface area contributed by atoms with Gasteiger partial charge in [0.05, 0.1) is 6.54 Å². The normalized spacial score (nSPS) is 11.6. The maximum Gasteiger partial charge on any atom is 0.315 e. The molecule has 0 bridgehead atoms. The number of nitrogens with one attached hydrogen (secondary N) is 2. The number of rotatable bonds is 11. The summed E-state index contributed by atoms with van der Waals surface area (Å²) in [4.78, 5) is 30.1. The van der Waals surface area contributed by atoms with E-state index in [4.69, 9.17) is 5.73 Å². The monoisotopic (exact) mass is 417 g/mol. The van der Waals surface area contributed by atoms with Crippen molar-refractivity contribution in [1.29, 1.82) is 0 Å². The van der Waals surface area contributed by atoms with E-state index in [-0.39, 0.29) is 17.9 Å². The smallest absolute Gasteiger partial charge is 0.315 e. The van der Waals surface area contributed by atoms with Crippen LogP contribution in [0.3, 0.4) is 0 Å². The fraction of sp³-hybridized carbons (Fsp3) is 0.609. The summed E-state index contributed by atoms with van der Waals surface area (Å²) < 4.78 is 0. The highest BCUT2D eigenvalue weighted by molar-refractivity contribution is 5.96. The molecule has 0 spiro atoms. The second kappa shape index (κ2) is 13.6. The van der Waals surface area contributed by atoms with Crippen LogP contribution in [0.1, 0.15) is 65.0 Å². The lowest BCUT2D eigenvalue weighted by atomic mass is 10.1. The zero-order valence-corrected chi connectivity index (χ0v) is 19.2. The van der Waals surface area contributed by atoms with E-state index in [0.717, 1.165) is 24.0 Å². The van der Waals surface area contributed by atoms with Crippen LogP contribution in [-0.4, -0.2) is 35.9 Å².